The first-order valence-electron chi connectivity index (χ1n) is 14.2. The third-order valence-electron chi connectivity index (χ3n) is 6.90. The van der Waals surface area contributed by atoms with Gasteiger partial charge in [0.15, 0.2) is 0 Å². The molecule has 43 heavy (non-hydrogen) atoms. The Morgan fingerprint density at radius 3 is 1.09 bits per heavy atom. The first-order chi connectivity index (χ1) is 21.1. The smallest absolute Gasteiger partial charge is 0.374 e. The normalized spacial score (nSPS) is 21.7. The van der Waals surface area contributed by atoms with Crippen molar-refractivity contribution >= 4 is 10.4 Å². The maximum absolute atomic E-state index is 13.1. The highest BCUT2D eigenvalue weighted by Crippen LogP contribution is 2.28. The van der Waals surface area contributed by atoms with Crippen LogP contribution < -0.4 is 0 Å². The van der Waals surface area contributed by atoms with Gasteiger partial charge in [0.1, 0.15) is 24.4 Å². The van der Waals surface area contributed by atoms with Crippen LogP contribution in [0.5, 0.6) is 0 Å². The molecule has 4 atom stereocenters. The average molecular weight is 605 g/mol. The standard InChI is InChI=1S/C34H36O8S/c35-43(36)41-31(25-37-21-27-13-5-1-6-14-27)33(39-23-29-17-9-3-10-18-29)34(40-24-30-19-11-4-12-20-30)32(42-43)26-38-22-28-15-7-2-8-16-28/h1-20,31-34H,21-26H2/t31-,32-,33+,34+/m0/s1. The quantitative estimate of drug-likeness (QED) is 0.183. The van der Waals surface area contributed by atoms with Crippen LogP contribution in [0.3, 0.4) is 0 Å². The monoisotopic (exact) mass is 604 g/mol. The topological polar surface area (TPSA) is 89.5 Å². The van der Waals surface area contributed by atoms with Gasteiger partial charge in [0.2, 0.25) is 0 Å². The third kappa shape index (κ3) is 9.80. The molecule has 0 bridgehead atoms. The molecule has 0 radical (unpaired) electrons. The Morgan fingerprint density at radius 2 is 0.767 bits per heavy atom. The highest BCUT2D eigenvalue weighted by Gasteiger charge is 2.46. The molecule has 4 aromatic rings. The van der Waals surface area contributed by atoms with Crippen LogP contribution in [0, 0.1) is 0 Å². The minimum absolute atomic E-state index is 0.0697. The van der Waals surface area contributed by atoms with E-state index in [1.165, 1.54) is 0 Å². The Hall–Kier alpha value is -3.41. The van der Waals surface area contributed by atoms with Crippen molar-refractivity contribution in [2.45, 2.75) is 50.8 Å². The first kappa shape index (κ1) is 31.0. The number of hydrogen-bond donors (Lipinski definition) is 0. The highest BCUT2D eigenvalue weighted by molar-refractivity contribution is 7.81. The summed E-state index contributed by atoms with van der Waals surface area (Å²) >= 11 is 0. The summed E-state index contributed by atoms with van der Waals surface area (Å²) in [6, 6.07) is 38.5. The second-order valence-electron chi connectivity index (χ2n) is 10.2. The van der Waals surface area contributed by atoms with Gasteiger partial charge in [-0.25, -0.2) is 8.37 Å². The van der Waals surface area contributed by atoms with Crippen LogP contribution in [0.15, 0.2) is 121 Å². The van der Waals surface area contributed by atoms with Crippen LogP contribution in [0.25, 0.3) is 0 Å². The lowest BCUT2D eigenvalue weighted by Crippen LogP contribution is -2.49. The van der Waals surface area contributed by atoms with Gasteiger partial charge in [-0.15, -0.1) is 0 Å². The van der Waals surface area contributed by atoms with Crippen LogP contribution in [0.2, 0.25) is 0 Å². The molecule has 1 aliphatic heterocycles. The fraction of sp³-hybridized carbons (Fsp3) is 0.294. The van der Waals surface area contributed by atoms with Crippen molar-refractivity contribution in [1.82, 2.24) is 0 Å². The Balaban J connectivity index is 1.40. The molecule has 0 spiro atoms. The summed E-state index contributed by atoms with van der Waals surface area (Å²) in [5.74, 6) is 0. The van der Waals surface area contributed by atoms with E-state index in [4.69, 9.17) is 27.3 Å². The molecule has 1 saturated heterocycles. The van der Waals surface area contributed by atoms with E-state index in [0.29, 0.717) is 0 Å². The van der Waals surface area contributed by atoms with Gasteiger partial charge < -0.3 is 18.9 Å². The summed E-state index contributed by atoms with van der Waals surface area (Å²) in [6.45, 7) is 0.803. The molecule has 8 nitrogen and oxygen atoms in total. The molecule has 226 valence electrons. The molecule has 1 aliphatic rings. The van der Waals surface area contributed by atoms with E-state index < -0.39 is 34.8 Å². The molecule has 4 aromatic carbocycles. The van der Waals surface area contributed by atoms with Crippen molar-refractivity contribution in [3.63, 3.8) is 0 Å². The second kappa shape index (κ2) is 15.9. The van der Waals surface area contributed by atoms with Crippen molar-refractivity contribution in [2.75, 3.05) is 13.2 Å². The second-order valence-corrected chi connectivity index (χ2v) is 11.4. The zero-order valence-electron chi connectivity index (χ0n) is 23.8. The summed E-state index contributed by atoms with van der Waals surface area (Å²) in [5.41, 5.74) is 3.72. The Morgan fingerprint density at radius 1 is 0.465 bits per heavy atom. The number of benzene rings is 4. The van der Waals surface area contributed by atoms with Gasteiger partial charge in [-0.05, 0) is 22.3 Å². The van der Waals surface area contributed by atoms with Gasteiger partial charge in [0, 0.05) is 0 Å². The third-order valence-corrected chi connectivity index (χ3v) is 7.86. The molecule has 9 heteroatoms. The molecule has 5 rings (SSSR count). The predicted molar refractivity (Wildman–Crippen MR) is 161 cm³/mol. The highest BCUT2D eigenvalue weighted by atomic mass is 32.3. The molecule has 1 fully saturated rings. The molecule has 0 N–H and O–H groups in total. The first-order valence-corrected chi connectivity index (χ1v) is 15.5. The van der Waals surface area contributed by atoms with Crippen LogP contribution in [0.4, 0.5) is 0 Å². The van der Waals surface area contributed by atoms with Crippen LogP contribution in [-0.4, -0.2) is 46.0 Å². The molecule has 0 aromatic heterocycles. The lowest BCUT2D eigenvalue weighted by molar-refractivity contribution is -0.159. The van der Waals surface area contributed by atoms with E-state index >= 15 is 0 Å². The fourth-order valence-electron chi connectivity index (χ4n) is 4.78. The number of hydrogen-bond acceptors (Lipinski definition) is 8. The predicted octanol–water partition coefficient (Wildman–Crippen LogP) is 5.62. The molecule has 0 unspecified atom stereocenters. The van der Waals surface area contributed by atoms with Crippen molar-refractivity contribution in [1.29, 1.82) is 0 Å². The van der Waals surface area contributed by atoms with E-state index in [0.717, 1.165) is 22.3 Å². The summed E-state index contributed by atoms with van der Waals surface area (Å²) in [6.07, 6.45) is -3.83. The zero-order valence-corrected chi connectivity index (χ0v) is 24.6. The zero-order chi connectivity index (χ0) is 29.7. The van der Waals surface area contributed by atoms with Gasteiger partial charge in [-0.2, -0.15) is 8.42 Å². The van der Waals surface area contributed by atoms with Crippen LogP contribution in [0.1, 0.15) is 22.3 Å². The molecule has 1 heterocycles. The van der Waals surface area contributed by atoms with Gasteiger partial charge in [0.25, 0.3) is 0 Å². The summed E-state index contributed by atoms with van der Waals surface area (Å²) in [7, 11) is -4.46. The lowest BCUT2D eigenvalue weighted by atomic mass is 10.0. The van der Waals surface area contributed by atoms with Crippen molar-refractivity contribution in [3.05, 3.63) is 144 Å². The lowest BCUT2D eigenvalue weighted by Gasteiger charge is -2.32. The summed E-state index contributed by atoms with van der Waals surface area (Å²) < 4.78 is 62.2. The summed E-state index contributed by atoms with van der Waals surface area (Å²) in [5, 5.41) is 0. The van der Waals surface area contributed by atoms with Crippen LogP contribution >= 0.6 is 0 Å². The van der Waals surface area contributed by atoms with Crippen molar-refractivity contribution in [3.8, 4) is 0 Å². The van der Waals surface area contributed by atoms with Gasteiger partial charge >= 0.3 is 10.4 Å². The van der Waals surface area contributed by atoms with E-state index in [-0.39, 0.29) is 39.6 Å². The Labute approximate surface area is 253 Å². The van der Waals surface area contributed by atoms with Crippen molar-refractivity contribution in [2.24, 2.45) is 0 Å². The average Bonchev–Trinajstić information content (AvgIpc) is 3.13. The van der Waals surface area contributed by atoms with Crippen molar-refractivity contribution < 1.29 is 35.7 Å². The minimum atomic E-state index is -4.46. The van der Waals surface area contributed by atoms with Gasteiger partial charge in [-0.1, -0.05) is 121 Å². The largest absolute Gasteiger partial charge is 0.400 e. The summed E-state index contributed by atoms with van der Waals surface area (Å²) in [4.78, 5) is 0. The Kier molecular flexibility index (Phi) is 11.5. The van der Waals surface area contributed by atoms with E-state index in [2.05, 4.69) is 0 Å². The van der Waals surface area contributed by atoms with Gasteiger partial charge in [-0.3, -0.25) is 0 Å². The number of rotatable bonds is 14. The molecule has 0 amide bonds. The fourth-order valence-corrected chi connectivity index (χ4v) is 5.76. The van der Waals surface area contributed by atoms with E-state index in [1.807, 2.05) is 121 Å². The molecule has 0 aliphatic carbocycles. The minimum Gasteiger partial charge on any atom is -0.374 e. The molecular formula is C34H36O8S. The van der Waals surface area contributed by atoms with Crippen LogP contribution in [-0.2, 0) is 64.1 Å². The molecular weight excluding hydrogens is 568 g/mol. The van der Waals surface area contributed by atoms with E-state index in [9.17, 15) is 8.42 Å². The SMILES string of the molecule is O=S1(=O)O[C@@H](COCc2ccccc2)[C@@H](OCc2ccccc2)[C@H](OCc2ccccc2)[C@H](COCc2ccccc2)O1. The molecule has 0 saturated carbocycles. The van der Waals surface area contributed by atoms with Gasteiger partial charge in [0.05, 0.1) is 39.6 Å². The van der Waals surface area contributed by atoms with E-state index in [1.54, 1.807) is 0 Å². The maximum Gasteiger partial charge on any atom is 0.400 e. The maximum atomic E-state index is 13.1. The Bertz CT molecular complexity index is 1350. The number of ether oxygens (including phenoxy) is 4.